The first-order valence-electron chi connectivity index (χ1n) is 7.76. The number of fused-ring (bicyclic) bond motifs is 2. The van der Waals surface area contributed by atoms with E-state index in [0.717, 1.165) is 17.7 Å². The minimum Gasteiger partial charge on any atom is -0.495 e. The average molecular weight is 292 g/mol. The SMILES string of the molecule is COc1cccc2c(C3CC(CN)c4ccccc43)c[nH]c12. The van der Waals surface area contributed by atoms with Gasteiger partial charge in [-0.15, -0.1) is 0 Å². The van der Waals surface area contributed by atoms with E-state index < -0.39 is 0 Å². The number of benzene rings is 2. The van der Waals surface area contributed by atoms with Crippen molar-refractivity contribution in [3.8, 4) is 5.75 Å². The topological polar surface area (TPSA) is 51.0 Å². The van der Waals surface area contributed by atoms with Gasteiger partial charge in [-0.2, -0.15) is 0 Å². The van der Waals surface area contributed by atoms with Crippen LogP contribution in [0.3, 0.4) is 0 Å². The summed E-state index contributed by atoms with van der Waals surface area (Å²) in [6.07, 6.45) is 3.22. The van der Waals surface area contributed by atoms with Crippen LogP contribution in [0.4, 0.5) is 0 Å². The van der Waals surface area contributed by atoms with Gasteiger partial charge in [0.1, 0.15) is 5.75 Å². The molecule has 0 bridgehead atoms. The molecule has 2 atom stereocenters. The molecule has 112 valence electrons. The van der Waals surface area contributed by atoms with E-state index in [4.69, 9.17) is 10.5 Å². The van der Waals surface area contributed by atoms with E-state index in [1.807, 2.05) is 6.07 Å². The molecule has 0 fully saturated rings. The second-order valence-corrected chi connectivity index (χ2v) is 5.98. The molecule has 1 aliphatic rings. The highest BCUT2D eigenvalue weighted by molar-refractivity contribution is 5.89. The monoisotopic (exact) mass is 292 g/mol. The molecule has 3 aromatic rings. The molecule has 0 amide bonds. The van der Waals surface area contributed by atoms with Crippen molar-refractivity contribution >= 4 is 10.9 Å². The van der Waals surface area contributed by atoms with E-state index in [-0.39, 0.29) is 0 Å². The molecular weight excluding hydrogens is 272 g/mol. The number of nitrogens with one attached hydrogen (secondary N) is 1. The highest BCUT2D eigenvalue weighted by atomic mass is 16.5. The zero-order chi connectivity index (χ0) is 15.1. The minimum atomic E-state index is 0.408. The van der Waals surface area contributed by atoms with Crippen molar-refractivity contribution in [3.63, 3.8) is 0 Å². The van der Waals surface area contributed by atoms with Crippen LogP contribution in [0.15, 0.2) is 48.7 Å². The summed E-state index contributed by atoms with van der Waals surface area (Å²) in [5, 5.41) is 1.25. The normalized spacial score (nSPS) is 20.3. The third-order valence-corrected chi connectivity index (χ3v) is 4.92. The van der Waals surface area contributed by atoms with Crippen molar-refractivity contribution in [2.45, 2.75) is 18.3 Å². The lowest BCUT2D eigenvalue weighted by molar-refractivity contribution is 0.419. The Hall–Kier alpha value is -2.26. The molecule has 0 aliphatic heterocycles. The minimum absolute atomic E-state index is 0.408. The fraction of sp³-hybridized carbons (Fsp3) is 0.263. The molecule has 3 heteroatoms. The summed E-state index contributed by atoms with van der Waals surface area (Å²) in [7, 11) is 1.71. The number of hydrogen-bond donors (Lipinski definition) is 2. The fourth-order valence-electron chi connectivity index (χ4n) is 3.86. The Bertz CT molecular complexity index is 821. The molecule has 3 nitrogen and oxygen atoms in total. The predicted octanol–water partition coefficient (Wildman–Crippen LogP) is 3.75. The number of aromatic amines is 1. The second kappa shape index (κ2) is 5.18. The van der Waals surface area contributed by atoms with Crippen LogP contribution >= 0.6 is 0 Å². The fourth-order valence-corrected chi connectivity index (χ4v) is 3.86. The summed E-state index contributed by atoms with van der Waals surface area (Å²) in [6.45, 7) is 0.708. The first-order valence-corrected chi connectivity index (χ1v) is 7.76. The van der Waals surface area contributed by atoms with Crippen molar-refractivity contribution in [1.29, 1.82) is 0 Å². The van der Waals surface area contributed by atoms with E-state index in [2.05, 4.69) is 47.6 Å². The number of para-hydroxylation sites is 1. The van der Waals surface area contributed by atoms with E-state index in [1.54, 1.807) is 7.11 Å². The number of nitrogens with two attached hydrogens (primary N) is 1. The van der Waals surface area contributed by atoms with E-state index in [1.165, 1.54) is 22.1 Å². The van der Waals surface area contributed by atoms with Gasteiger partial charge in [0.2, 0.25) is 0 Å². The van der Waals surface area contributed by atoms with E-state index >= 15 is 0 Å². The zero-order valence-corrected chi connectivity index (χ0v) is 12.7. The number of aromatic nitrogens is 1. The van der Waals surface area contributed by atoms with Crippen molar-refractivity contribution in [3.05, 3.63) is 65.4 Å². The number of hydrogen-bond acceptors (Lipinski definition) is 2. The van der Waals surface area contributed by atoms with E-state index in [0.29, 0.717) is 18.4 Å². The molecular formula is C19H20N2O. The van der Waals surface area contributed by atoms with Crippen LogP contribution in [0.5, 0.6) is 5.75 Å². The third-order valence-electron chi connectivity index (χ3n) is 4.92. The third kappa shape index (κ3) is 1.86. The molecule has 2 aromatic carbocycles. The lowest BCUT2D eigenvalue weighted by Gasteiger charge is -2.11. The second-order valence-electron chi connectivity index (χ2n) is 5.98. The number of rotatable bonds is 3. The first-order chi connectivity index (χ1) is 10.8. The van der Waals surface area contributed by atoms with Gasteiger partial charge in [0.25, 0.3) is 0 Å². The Morgan fingerprint density at radius 2 is 1.91 bits per heavy atom. The molecule has 3 N–H and O–H groups in total. The highest BCUT2D eigenvalue weighted by Crippen LogP contribution is 2.46. The molecule has 1 aromatic heterocycles. The predicted molar refractivity (Wildman–Crippen MR) is 89.5 cm³/mol. The molecule has 0 saturated heterocycles. The maximum atomic E-state index is 5.99. The Morgan fingerprint density at radius 1 is 1.09 bits per heavy atom. The van der Waals surface area contributed by atoms with Crippen LogP contribution in [0, 0.1) is 0 Å². The van der Waals surface area contributed by atoms with Crippen molar-refractivity contribution in [1.82, 2.24) is 4.98 Å². The van der Waals surface area contributed by atoms with Gasteiger partial charge < -0.3 is 15.5 Å². The number of ether oxygens (including phenoxy) is 1. The van der Waals surface area contributed by atoms with Gasteiger partial charge in [-0.25, -0.2) is 0 Å². The van der Waals surface area contributed by atoms with Crippen LogP contribution in [0.25, 0.3) is 10.9 Å². The molecule has 4 rings (SSSR count). The molecule has 0 radical (unpaired) electrons. The molecule has 0 saturated carbocycles. The van der Waals surface area contributed by atoms with Crippen LogP contribution in [-0.4, -0.2) is 18.6 Å². The molecule has 1 aliphatic carbocycles. The smallest absolute Gasteiger partial charge is 0.142 e. The quantitative estimate of drug-likeness (QED) is 0.772. The largest absolute Gasteiger partial charge is 0.495 e. The average Bonchev–Trinajstić information content (AvgIpc) is 3.15. The van der Waals surface area contributed by atoms with E-state index in [9.17, 15) is 0 Å². The van der Waals surface area contributed by atoms with Gasteiger partial charge in [0, 0.05) is 17.5 Å². The van der Waals surface area contributed by atoms with Gasteiger partial charge >= 0.3 is 0 Å². The maximum Gasteiger partial charge on any atom is 0.142 e. The van der Waals surface area contributed by atoms with Gasteiger partial charge in [-0.3, -0.25) is 0 Å². The van der Waals surface area contributed by atoms with Gasteiger partial charge in [0.15, 0.2) is 0 Å². The highest BCUT2D eigenvalue weighted by Gasteiger charge is 2.32. The van der Waals surface area contributed by atoms with Gasteiger partial charge in [-0.1, -0.05) is 36.4 Å². The molecule has 22 heavy (non-hydrogen) atoms. The summed E-state index contributed by atoms with van der Waals surface area (Å²) in [5.41, 5.74) is 11.2. The standard InChI is InChI=1S/C19H20N2O/c1-22-18-8-4-7-15-17(11-21-19(15)18)16-9-12(10-20)13-5-2-3-6-14(13)16/h2-8,11-12,16,21H,9-10,20H2,1H3. The summed E-state index contributed by atoms with van der Waals surface area (Å²) < 4.78 is 5.46. The van der Waals surface area contributed by atoms with Crippen molar-refractivity contribution in [2.24, 2.45) is 5.73 Å². The Kier molecular flexibility index (Phi) is 3.16. The van der Waals surface area contributed by atoms with Gasteiger partial charge in [-0.05, 0) is 41.6 Å². The molecule has 2 unspecified atom stereocenters. The number of H-pyrrole nitrogens is 1. The summed E-state index contributed by atoms with van der Waals surface area (Å²) >= 11 is 0. The Balaban J connectivity index is 1.87. The van der Waals surface area contributed by atoms with Crippen molar-refractivity contribution in [2.75, 3.05) is 13.7 Å². The summed E-state index contributed by atoms with van der Waals surface area (Å²) in [4.78, 5) is 3.39. The van der Waals surface area contributed by atoms with Crippen LogP contribution in [-0.2, 0) is 0 Å². The maximum absolute atomic E-state index is 5.99. The van der Waals surface area contributed by atoms with Crippen LogP contribution in [0.2, 0.25) is 0 Å². The zero-order valence-electron chi connectivity index (χ0n) is 12.7. The Labute approximate surface area is 130 Å². The van der Waals surface area contributed by atoms with Crippen molar-refractivity contribution < 1.29 is 4.74 Å². The van der Waals surface area contributed by atoms with Crippen LogP contribution in [0.1, 0.15) is 34.9 Å². The summed E-state index contributed by atoms with van der Waals surface area (Å²) in [5.74, 6) is 1.76. The molecule has 1 heterocycles. The Morgan fingerprint density at radius 3 is 2.68 bits per heavy atom. The first kappa shape index (κ1) is 13.4. The number of methoxy groups -OCH3 is 1. The van der Waals surface area contributed by atoms with Gasteiger partial charge in [0.05, 0.1) is 12.6 Å². The van der Waals surface area contributed by atoms with Crippen LogP contribution < -0.4 is 10.5 Å². The lowest BCUT2D eigenvalue weighted by Crippen LogP contribution is -2.09. The summed E-state index contributed by atoms with van der Waals surface area (Å²) in [6, 6.07) is 14.9. The molecule has 0 spiro atoms. The lowest BCUT2D eigenvalue weighted by atomic mass is 9.92.